The molecule has 0 spiro atoms. The Morgan fingerprint density at radius 1 is 1.22 bits per heavy atom. The molecular formula is C19H22N2O2. The van der Waals surface area contributed by atoms with E-state index in [-0.39, 0.29) is 11.9 Å². The van der Waals surface area contributed by atoms with E-state index in [1.165, 1.54) is 11.3 Å². The van der Waals surface area contributed by atoms with Crippen LogP contribution in [-0.2, 0) is 6.42 Å². The maximum absolute atomic E-state index is 12.4. The summed E-state index contributed by atoms with van der Waals surface area (Å²) in [5.41, 5.74) is 3.24. The summed E-state index contributed by atoms with van der Waals surface area (Å²) in [6.45, 7) is 3.75. The van der Waals surface area contributed by atoms with Crippen molar-refractivity contribution < 1.29 is 9.53 Å². The molecule has 0 radical (unpaired) electrons. The minimum Gasteiger partial charge on any atom is -0.496 e. The second kappa shape index (κ2) is 6.73. The maximum Gasteiger partial charge on any atom is 0.255 e. The molecule has 2 aromatic carbocycles. The molecule has 1 aliphatic rings. The molecule has 1 amide bonds. The number of rotatable bonds is 5. The zero-order valence-electron chi connectivity index (χ0n) is 13.6. The van der Waals surface area contributed by atoms with Gasteiger partial charge in [-0.15, -0.1) is 0 Å². The van der Waals surface area contributed by atoms with Gasteiger partial charge in [-0.05, 0) is 37.1 Å². The summed E-state index contributed by atoms with van der Waals surface area (Å²) in [6, 6.07) is 16.0. The van der Waals surface area contributed by atoms with E-state index < -0.39 is 0 Å². The van der Waals surface area contributed by atoms with Crippen LogP contribution in [0.2, 0.25) is 0 Å². The van der Waals surface area contributed by atoms with Gasteiger partial charge in [0.05, 0.1) is 12.7 Å². The Morgan fingerprint density at radius 2 is 1.96 bits per heavy atom. The molecule has 1 aliphatic heterocycles. The van der Waals surface area contributed by atoms with Gasteiger partial charge in [-0.2, -0.15) is 0 Å². The van der Waals surface area contributed by atoms with Crippen molar-refractivity contribution in [3.8, 4) is 5.75 Å². The van der Waals surface area contributed by atoms with Gasteiger partial charge in [0.2, 0.25) is 0 Å². The molecule has 4 heteroatoms. The highest BCUT2D eigenvalue weighted by molar-refractivity contribution is 5.96. The predicted octanol–water partition coefficient (Wildman–Crippen LogP) is 2.88. The topological polar surface area (TPSA) is 41.6 Å². The standard InChI is InChI=1S/C19H22N2O2/c1-14(21-12-11-15-7-3-5-9-17(15)21)13-20-19(22)16-8-4-6-10-18(16)23-2/h3-10,14H,11-13H2,1-2H3,(H,20,22)/t14-/m0/s1. The average molecular weight is 310 g/mol. The molecule has 1 N–H and O–H groups in total. The van der Waals surface area contributed by atoms with Gasteiger partial charge < -0.3 is 15.0 Å². The van der Waals surface area contributed by atoms with Gasteiger partial charge in [0.15, 0.2) is 0 Å². The second-order valence-corrected chi connectivity index (χ2v) is 5.83. The largest absolute Gasteiger partial charge is 0.496 e. The first-order valence-electron chi connectivity index (χ1n) is 7.96. The Kier molecular flexibility index (Phi) is 4.51. The number of nitrogens with zero attached hydrogens (tertiary/aromatic N) is 1. The van der Waals surface area contributed by atoms with E-state index >= 15 is 0 Å². The minimum atomic E-state index is -0.0956. The number of ether oxygens (including phenoxy) is 1. The fourth-order valence-corrected chi connectivity index (χ4v) is 3.10. The maximum atomic E-state index is 12.4. The summed E-state index contributed by atoms with van der Waals surface area (Å²) < 4.78 is 5.25. The molecule has 2 aromatic rings. The molecule has 1 heterocycles. The number of carbonyl (C=O) groups excluding carboxylic acids is 1. The van der Waals surface area contributed by atoms with Crippen LogP contribution in [0, 0.1) is 0 Å². The van der Waals surface area contributed by atoms with Crippen molar-refractivity contribution in [2.45, 2.75) is 19.4 Å². The lowest BCUT2D eigenvalue weighted by atomic mass is 10.1. The third kappa shape index (κ3) is 3.16. The van der Waals surface area contributed by atoms with Crippen LogP contribution in [-0.4, -0.2) is 32.1 Å². The van der Waals surface area contributed by atoms with Crippen molar-refractivity contribution >= 4 is 11.6 Å². The summed E-state index contributed by atoms with van der Waals surface area (Å²) in [6.07, 6.45) is 1.07. The fraction of sp³-hybridized carbons (Fsp3) is 0.316. The van der Waals surface area contributed by atoms with Crippen molar-refractivity contribution in [3.63, 3.8) is 0 Å². The van der Waals surface area contributed by atoms with Crippen LogP contribution in [0.15, 0.2) is 48.5 Å². The van der Waals surface area contributed by atoms with Gasteiger partial charge in [-0.1, -0.05) is 30.3 Å². The van der Waals surface area contributed by atoms with Gasteiger partial charge in [-0.25, -0.2) is 0 Å². The van der Waals surface area contributed by atoms with E-state index in [1.807, 2.05) is 12.1 Å². The van der Waals surface area contributed by atoms with E-state index in [9.17, 15) is 4.79 Å². The SMILES string of the molecule is COc1ccccc1C(=O)NC[C@H](C)N1CCc2ccccc21. The summed E-state index contributed by atoms with van der Waals surface area (Å²) in [5, 5.41) is 3.02. The smallest absolute Gasteiger partial charge is 0.255 e. The van der Waals surface area contributed by atoms with Crippen molar-refractivity contribution in [2.24, 2.45) is 0 Å². The Morgan fingerprint density at radius 3 is 2.78 bits per heavy atom. The van der Waals surface area contributed by atoms with Crippen LogP contribution in [0.4, 0.5) is 5.69 Å². The first-order valence-corrected chi connectivity index (χ1v) is 7.96. The lowest BCUT2D eigenvalue weighted by Crippen LogP contribution is -2.41. The number of nitrogens with one attached hydrogen (secondary N) is 1. The third-order valence-corrected chi connectivity index (χ3v) is 4.36. The normalized spacial score (nSPS) is 14.3. The highest BCUT2D eigenvalue weighted by Crippen LogP contribution is 2.29. The average Bonchev–Trinajstić information content (AvgIpc) is 3.03. The lowest BCUT2D eigenvalue weighted by molar-refractivity contribution is 0.0948. The van der Waals surface area contributed by atoms with Gasteiger partial charge in [0.25, 0.3) is 5.91 Å². The lowest BCUT2D eigenvalue weighted by Gasteiger charge is -2.27. The Bertz CT molecular complexity index is 699. The van der Waals surface area contributed by atoms with E-state index in [2.05, 4.69) is 41.4 Å². The van der Waals surface area contributed by atoms with Gasteiger partial charge >= 0.3 is 0 Å². The quantitative estimate of drug-likeness (QED) is 0.923. The van der Waals surface area contributed by atoms with E-state index in [0.29, 0.717) is 17.9 Å². The molecule has 120 valence electrons. The number of anilines is 1. The Labute approximate surface area is 137 Å². The van der Waals surface area contributed by atoms with Crippen LogP contribution in [0.25, 0.3) is 0 Å². The van der Waals surface area contributed by atoms with Gasteiger partial charge in [0, 0.05) is 24.8 Å². The molecule has 0 fully saturated rings. The zero-order valence-corrected chi connectivity index (χ0v) is 13.6. The van der Waals surface area contributed by atoms with Gasteiger partial charge in [-0.3, -0.25) is 4.79 Å². The third-order valence-electron chi connectivity index (χ3n) is 4.36. The monoisotopic (exact) mass is 310 g/mol. The highest BCUT2D eigenvalue weighted by Gasteiger charge is 2.23. The number of hydrogen-bond acceptors (Lipinski definition) is 3. The summed E-state index contributed by atoms with van der Waals surface area (Å²) in [5.74, 6) is 0.506. The molecule has 0 bridgehead atoms. The number of hydrogen-bond donors (Lipinski definition) is 1. The first-order chi connectivity index (χ1) is 11.2. The number of amides is 1. The molecule has 3 rings (SSSR count). The molecule has 0 aromatic heterocycles. The van der Waals surface area contributed by atoms with Crippen molar-refractivity contribution in [3.05, 3.63) is 59.7 Å². The first kappa shape index (κ1) is 15.4. The minimum absolute atomic E-state index is 0.0956. The van der Waals surface area contributed by atoms with Crippen LogP contribution >= 0.6 is 0 Å². The van der Waals surface area contributed by atoms with Crippen LogP contribution in [0.5, 0.6) is 5.75 Å². The van der Waals surface area contributed by atoms with Crippen molar-refractivity contribution in [2.75, 3.05) is 25.1 Å². The number of fused-ring (bicyclic) bond motifs is 1. The molecule has 0 saturated carbocycles. The second-order valence-electron chi connectivity index (χ2n) is 5.83. The number of para-hydroxylation sites is 2. The van der Waals surface area contributed by atoms with E-state index in [4.69, 9.17) is 4.74 Å². The van der Waals surface area contributed by atoms with Crippen LogP contribution in [0.3, 0.4) is 0 Å². The number of methoxy groups -OCH3 is 1. The zero-order chi connectivity index (χ0) is 16.2. The molecule has 0 aliphatic carbocycles. The summed E-state index contributed by atoms with van der Waals surface area (Å²) >= 11 is 0. The molecule has 23 heavy (non-hydrogen) atoms. The van der Waals surface area contributed by atoms with E-state index in [0.717, 1.165) is 13.0 Å². The van der Waals surface area contributed by atoms with Crippen molar-refractivity contribution in [1.82, 2.24) is 5.32 Å². The molecule has 1 atom stereocenters. The fourth-order valence-electron chi connectivity index (χ4n) is 3.10. The highest BCUT2D eigenvalue weighted by atomic mass is 16.5. The van der Waals surface area contributed by atoms with Gasteiger partial charge in [0.1, 0.15) is 5.75 Å². The summed E-state index contributed by atoms with van der Waals surface area (Å²) in [4.78, 5) is 14.7. The molecule has 0 unspecified atom stereocenters. The van der Waals surface area contributed by atoms with Crippen LogP contribution in [0.1, 0.15) is 22.8 Å². The predicted molar refractivity (Wildman–Crippen MR) is 92.3 cm³/mol. The molecular weight excluding hydrogens is 288 g/mol. The number of carbonyl (C=O) groups is 1. The van der Waals surface area contributed by atoms with Crippen molar-refractivity contribution in [1.29, 1.82) is 0 Å². The number of benzene rings is 2. The summed E-state index contributed by atoms with van der Waals surface area (Å²) in [7, 11) is 1.58. The van der Waals surface area contributed by atoms with E-state index in [1.54, 1.807) is 19.2 Å². The molecule has 4 nitrogen and oxygen atoms in total. The Balaban J connectivity index is 1.63. The molecule has 0 saturated heterocycles. The van der Waals surface area contributed by atoms with Crippen LogP contribution < -0.4 is 15.0 Å². The Hall–Kier alpha value is -2.49.